The van der Waals surface area contributed by atoms with Crippen molar-refractivity contribution in [2.45, 2.75) is 37.8 Å². The van der Waals surface area contributed by atoms with E-state index in [9.17, 15) is 4.79 Å². The van der Waals surface area contributed by atoms with Crippen LogP contribution in [0.25, 0.3) is 33.1 Å². The van der Waals surface area contributed by atoms with Crippen LogP contribution in [-0.4, -0.2) is 28.0 Å². The molecule has 2 aromatic heterocycles. The lowest BCUT2D eigenvalue weighted by atomic mass is 9.90. The molecule has 4 aromatic rings. The van der Waals surface area contributed by atoms with Gasteiger partial charge in [0, 0.05) is 44.6 Å². The van der Waals surface area contributed by atoms with Crippen molar-refractivity contribution < 1.29 is 4.79 Å². The summed E-state index contributed by atoms with van der Waals surface area (Å²) in [5.41, 5.74) is 9.77. The highest BCUT2D eigenvalue weighted by molar-refractivity contribution is 9.10. The number of pyridine rings is 1. The van der Waals surface area contributed by atoms with Crippen LogP contribution in [0.5, 0.6) is 0 Å². The van der Waals surface area contributed by atoms with Crippen LogP contribution >= 0.6 is 39.1 Å². The van der Waals surface area contributed by atoms with E-state index < -0.39 is 0 Å². The summed E-state index contributed by atoms with van der Waals surface area (Å²) in [7, 11) is 0. The van der Waals surface area contributed by atoms with Crippen molar-refractivity contribution in [1.82, 2.24) is 15.3 Å². The largest absolute Gasteiger partial charge is 0.360 e. The van der Waals surface area contributed by atoms with Gasteiger partial charge >= 0.3 is 0 Å². The second-order valence-electron chi connectivity index (χ2n) is 8.23. The minimum absolute atomic E-state index is 0.0377. The number of aromatic amines is 1. The Bertz CT molecular complexity index is 1350. The van der Waals surface area contributed by atoms with Gasteiger partial charge < -0.3 is 16.0 Å². The molecule has 2 atom stereocenters. The van der Waals surface area contributed by atoms with Crippen molar-refractivity contribution in [3.63, 3.8) is 0 Å². The molecule has 4 N–H and O–H groups in total. The molecule has 1 saturated carbocycles. The van der Waals surface area contributed by atoms with Crippen LogP contribution in [0.2, 0.25) is 10.0 Å². The number of halogens is 3. The molecule has 2 heterocycles. The van der Waals surface area contributed by atoms with E-state index in [2.05, 4.69) is 26.2 Å². The van der Waals surface area contributed by atoms with Gasteiger partial charge in [-0.15, -0.1) is 0 Å². The van der Waals surface area contributed by atoms with E-state index in [1.165, 1.54) is 0 Å². The van der Waals surface area contributed by atoms with E-state index in [0.29, 0.717) is 32.2 Å². The minimum Gasteiger partial charge on any atom is -0.360 e. The van der Waals surface area contributed by atoms with Gasteiger partial charge in [-0.1, -0.05) is 58.0 Å². The summed E-state index contributed by atoms with van der Waals surface area (Å²) in [6, 6.07) is 11.2. The molecule has 0 saturated heterocycles. The maximum atomic E-state index is 13.4. The monoisotopic (exact) mass is 530 g/mol. The smallest absolute Gasteiger partial charge is 0.252 e. The van der Waals surface area contributed by atoms with Gasteiger partial charge in [-0.3, -0.25) is 4.79 Å². The zero-order valence-corrected chi connectivity index (χ0v) is 20.2. The number of H-pyrrole nitrogens is 1. The summed E-state index contributed by atoms with van der Waals surface area (Å²) in [4.78, 5) is 21.5. The van der Waals surface area contributed by atoms with Crippen molar-refractivity contribution in [3.05, 3.63) is 62.7 Å². The third kappa shape index (κ3) is 3.90. The zero-order chi connectivity index (χ0) is 22.4. The fourth-order valence-electron chi connectivity index (χ4n) is 4.45. The fourth-order valence-corrected chi connectivity index (χ4v) is 5.17. The Balaban J connectivity index is 1.67. The van der Waals surface area contributed by atoms with E-state index in [-0.39, 0.29) is 18.0 Å². The Hall–Kier alpha value is -2.12. The average Bonchev–Trinajstić information content (AvgIpc) is 3.20. The number of hydrogen-bond acceptors (Lipinski definition) is 3. The van der Waals surface area contributed by atoms with Crippen LogP contribution in [0.1, 0.15) is 36.0 Å². The van der Waals surface area contributed by atoms with Crippen LogP contribution in [0.3, 0.4) is 0 Å². The SMILES string of the molecule is NC1CCCCC1NC(=O)c1cc(-c2c[nH]c3ccc(Br)cc23)nc2c(Cl)c(Cl)ccc12. The van der Waals surface area contributed by atoms with Gasteiger partial charge in [0.05, 0.1) is 26.8 Å². The van der Waals surface area contributed by atoms with Gasteiger partial charge in [-0.25, -0.2) is 4.98 Å². The normalized spacial score (nSPS) is 18.9. The Morgan fingerprint density at radius 1 is 1.12 bits per heavy atom. The first kappa shape index (κ1) is 21.7. The van der Waals surface area contributed by atoms with Crippen LogP contribution in [-0.2, 0) is 0 Å². The molecule has 5 rings (SSSR count). The van der Waals surface area contributed by atoms with Gasteiger partial charge in [0.1, 0.15) is 0 Å². The standard InChI is InChI=1S/C24H21BrCl2N4O/c25-12-5-8-19-14(9-12)16(11-29-19)21-10-15(13-6-7-17(26)22(27)23(13)30-21)24(32)31-20-4-2-1-3-18(20)28/h5-11,18,20,29H,1-4,28H2,(H,31,32). The molecule has 1 amide bonds. The van der Waals surface area contributed by atoms with Crippen molar-refractivity contribution in [1.29, 1.82) is 0 Å². The number of carbonyl (C=O) groups excluding carboxylic acids is 1. The third-order valence-corrected chi connectivity index (χ3v) is 7.46. The Labute approximate surface area is 203 Å². The molecule has 0 bridgehead atoms. The molecule has 1 aliphatic carbocycles. The molecule has 5 nitrogen and oxygen atoms in total. The van der Waals surface area contributed by atoms with E-state index in [1.807, 2.05) is 30.5 Å². The highest BCUT2D eigenvalue weighted by Gasteiger charge is 2.25. The molecule has 8 heteroatoms. The summed E-state index contributed by atoms with van der Waals surface area (Å²) < 4.78 is 0.956. The number of nitrogens with two attached hydrogens (primary N) is 1. The Morgan fingerprint density at radius 2 is 1.94 bits per heavy atom. The third-order valence-electron chi connectivity index (χ3n) is 6.17. The number of nitrogens with one attached hydrogen (secondary N) is 2. The lowest BCUT2D eigenvalue weighted by Crippen LogP contribution is -2.49. The predicted octanol–water partition coefficient (Wildman–Crippen LogP) is 6.45. The molecule has 0 aliphatic heterocycles. The van der Waals surface area contributed by atoms with Crippen LogP contribution in [0.15, 0.2) is 47.1 Å². The van der Waals surface area contributed by atoms with E-state index in [1.54, 1.807) is 12.1 Å². The first-order chi connectivity index (χ1) is 15.4. The summed E-state index contributed by atoms with van der Waals surface area (Å²) in [6.07, 6.45) is 5.85. The van der Waals surface area contributed by atoms with Crippen LogP contribution < -0.4 is 11.1 Å². The lowest BCUT2D eigenvalue weighted by molar-refractivity contribution is 0.0923. The van der Waals surface area contributed by atoms with Crippen molar-refractivity contribution in [2.24, 2.45) is 5.73 Å². The summed E-state index contributed by atoms with van der Waals surface area (Å²) in [5.74, 6) is -0.180. The first-order valence-electron chi connectivity index (χ1n) is 10.5. The summed E-state index contributed by atoms with van der Waals surface area (Å²) in [5, 5.41) is 5.52. The molecular weight excluding hydrogens is 511 g/mol. The molecule has 2 unspecified atom stereocenters. The zero-order valence-electron chi connectivity index (χ0n) is 17.1. The molecule has 1 aliphatic rings. The minimum atomic E-state index is -0.180. The molecule has 0 spiro atoms. The quantitative estimate of drug-likeness (QED) is 0.284. The highest BCUT2D eigenvalue weighted by atomic mass is 79.9. The molecule has 1 fully saturated rings. The van der Waals surface area contributed by atoms with Gasteiger partial charge in [-0.2, -0.15) is 0 Å². The van der Waals surface area contributed by atoms with Crippen molar-refractivity contribution >= 4 is 66.8 Å². The summed E-state index contributed by atoms with van der Waals surface area (Å²) >= 11 is 16.4. The Morgan fingerprint density at radius 3 is 2.75 bits per heavy atom. The van der Waals surface area contributed by atoms with Crippen LogP contribution in [0.4, 0.5) is 0 Å². The Kier molecular flexibility index (Phi) is 5.88. The maximum absolute atomic E-state index is 13.4. The van der Waals surface area contributed by atoms with E-state index in [4.69, 9.17) is 33.9 Å². The number of amides is 1. The van der Waals surface area contributed by atoms with Crippen LogP contribution in [0, 0.1) is 0 Å². The average molecular weight is 532 g/mol. The molecular formula is C24H21BrCl2N4O. The van der Waals surface area contributed by atoms with E-state index in [0.717, 1.165) is 46.6 Å². The number of benzene rings is 2. The summed E-state index contributed by atoms with van der Waals surface area (Å²) in [6.45, 7) is 0. The number of rotatable bonds is 3. The number of hydrogen-bond donors (Lipinski definition) is 3. The van der Waals surface area contributed by atoms with Gasteiger partial charge in [0.15, 0.2) is 0 Å². The predicted molar refractivity (Wildman–Crippen MR) is 134 cm³/mol. The maximum Gasteiger partial charge on any atom is 0.252 e. The number of nitrogens with zero attached hydrogens (tertiary/aromatic N) is 1. The second-order valence-corrected chi connectivity index (χ2v) is 9.93. The lowest BCUT2D eigenvalue weighted by Gasteiger charge is -2.29. The van der Waals surface area contributed by atoms with Crippen molar-refractivity contribution in [2.75, 3.05) is 0 Å². The topological polar surface area (TPSA) is 83.8 Å². The van der Waals surface area contributed by atoms with Gasteiger partial charge in [0.2, 0.25) is 0 Å². The number of fused-ring (bicyclic) bond motifs is 2. The first-order valence-corrected chi connectivity index (χ1v) is 12.1. The highest BCUT2D eigenvalue weighted by Crippen LogP contribution is 2.36. The van der Waals surface area contributed by atoms with Gasteiger partial charge in [-0.05, 0) is 43.2 Å². The van der Waals surface area contributed by atoms with E-state index >= 15 is 0 Å². The van der Waals surface area contributed by atoms with Gasteiger partial charge in [0.25, 0.3) is 5.91 Å². The number of aromatic nitrogens is 2. The molecule has 164 valence electrons. The fraction of sp³-hybridized carbons (Fsp3) is 0.250. The number of carbonyl (C=O) groups is 1. The molecule has 32 heavy (non-hydrogen) atoms. The molecule has 0 radical (unpaired) electrons. The van der Waals surface area contributed by atoms with Crippen molar-refractivity contribution in [3.8, 4) is 11.3 Å². The second kappa shape index (κ2) is 8.67. The molecule has 2 aromatic carbocycles.